The van der Waals surface area contributed by atoms with Gasteiger partial charge < -0.3 is 9.47 Å². The van der Waals surface area contributed by atoms with Crippen LogP contribution in [-0.4, -0.2) is 53.4 Å². The molecule has 2 fully saturated rings. The van der Waals surface area contributed by atoms with Gasteiger partial charge in [0.05, 0.1) is 6.33 Å². The van der Waals surface area contributed by atoms with Gasteiger partial charge in [0.25, 0.3) is 0 Å². The van der Waals surface area contributed by atoms with Crippen molar-refractivity contribution in [3.8, 4) is 0 Å². The van der Waals surface area contributed by atoms with E-state index < -0.39 is 33.3 Å². The Balaban J connectivity index is 1.52. The maximum atomic E-state index is 13.4. The van der Waals surface area contributed by atoms with Gasteiger partial charge in [0.1, 0.15) is 11.9 Å². The summed E-state index contributed by atoms with van der Waals surface area (Å²) in [6, 6.07) is 3.22. The zero-order chi connectivity index (χ0) is 26.7. The van der Waals surface area contributed by atoms with Crippen LogP contribution in [-0.2, 0) is 27.8 Å². The van der Waals surface area contributed by atoms with E-state index in [9.17, 15) is 30.8 Å². The third kappa shape index (κ3) is 6.51. The quantitative estimate of drug-likeness (QED) is 0.504. The predicted octanol–water partition coefficient (Wildman–Crippen LogP) is 4.26. The number of sulfonamides is 1. The van der Waals surface area contributed by atoms with Crippen molar-refractivity contribution < 1.29 is 30.8 Å². The van der Waals surface area contributed by atoms with E-state index >= 15 is 0 Å². The van der Waals surface area contributed by atoms with Gasteiger partial charge in [-0.15, -0.1) is 0 Å². The molecule has 1 aliphatic heterocycles. The smallest absolute Gasteiger partial charge is 0.341 e. The summed E-state index contributed by atoms with van der Waals surface area (Å²) in [5, 5.41) is 0. The molecule has 12 heteroatoms. The Kier molecular flexibility index (Phi) is 8.27. The van der Waals surface area contributed by atoms with Crippen LogP contribution in [0.3, 0.4) is 0 Å². The second-order valence-corrected chi connectivity index (χ2v) is 11.9. The first-order valence-electron chi connectivity index (χ1n) is 12.6. The fourth-order valence-electron chi connectivity index (χ4n) is 5.84. The van der Waals surface area contributed by atoms with Crippen LogP contribution in [0, 0.1) is 17.2 Å². The van der Waals surface area contributed by atoms with E-state index in [0.29, 0.717) is 37.4 Å². The minimum Gasteiger partial charge on any atom is -0.341 e. The zero-order valence-corrected chi connectivity index (χ0v) is 21.3. The number of hydrogen-bond donors (Lipinski definition) is 1. The maximum absolute atomic E-state index is 13.4. The molecule has 0 spiro atoms. The van der Waals surface area contributed by atoms with Crippen molar-refractivity contribution in [1.82, 2.24) is 19.2 Å². The second kappa shape index (κ2) is 11.1. The lowest BCUT2D eigenvalue weighted by Gasteiger charge is -2.48. The van der Waals surface area contributed by atoms with Gasteiger partial charge in [-0.25, -0.2) is 17.8 Å². The Morgan fingerprint density at radius 2 is 1.76 bits per heavy atom. The number of rotatable bonds is 8. The molecule has 0 unspecified atom stereocenters. The Hall–Kier alpha value is -2.47. The number of aromatic nitrogens is 2. The summed E-state index contributed by atoms with van der Waals surface area (Å²) in [5.74, 6) is -0.785. The van der Waals surface area contributed by atoms with Crippen LogP contribution >= 0.6 is 0 Å². The van der Waals surface area contributed by atoms with Crippen LogP contribution in [0.5, 0.6) is 0 Å². The van der Waals surface area contributed by atoms with Crippen LogP contribution in [0.1, 0.15) is 50.5 Å². The van der Waals surface area contributed by atoms with E-state index in [1.165, 1.54) is 23.5 Å². The molecule has 2 heterocycles. The average molecular weight is 545 g/mol. The molecule has 37 heavy (non-hydrogen) atoms. The molecule has 1 N–H and O–H groups in total. The van der Waals surface area contributed by atoms with Gasteiger partial charge in [0.15, 0.2) is 0 Å². The molecule has 1 aromatic heterocycles. The molecule has 1 saturated heterocycles. The van der Waals surface area contributed by atoms with Crippen molar-refractivity contribution in [2.45, 2.75) is 69.5 Å². The fraction of sp³-hybridized carbons (Fsp3) is 0.600. The highest BCUT2D eigenvalue weighted by Gasteiger charge is 2.49. The Morgan fingerprint density at radius 3 is 2.32 bits per heavy atom. The van der Waals surface area contributed by atoms with Crippen molar-refractivity contribution in [2.75, 3.05) is 13.1 Å². The first kappa shape index (κ1) is 27.6. The highest BCUT2D eigenvalue weighted by Crippen LogP contribution is 2.47. The van der Waals surface area contributed by atoms with Gasteiger partial charge in [-0.2, -0.15) is 17.9 Å². The zero-order valence-electron chi connectivity index (χ0n) is 20.5. The van der Waals surface area contributed by atoms with Gasteiger partial charge in [0, 0.05) is 32.0 Å². The lowest BCUT2D eigenvalue weighted by molar-refractivity contribution is -0.136. The van der Waals surface area contributed by atoms with E-state index in [1.54, 1.807) is 17.2 Å². The molecule has 2 aromatic rings. The topological polar surface area (TPSA) is 84.3 Å². The van der Waals surface area contributed by atoms with E-state index in [1.807, 2.05) is 10.8 Å². The van der Waals surface area contributed by atoms with Gasteiger partial charge in [-0.05, 0) is 61.1 Å². The summed E-state index contributed by atoms with van der Waals surface area (Å²) in [5.41, 5.74) is -5.29. The monoisotopic (exact) mass is 544 g/mol. The van der Waals surface area contributed by atoms with Crippen LogP contribution in [0.4, 0.5) is 17.6 Å². The molecule has 1 aromatic carbocycles. The predicted molar refractivity (Wildman–Crippen MR) is 129 cm³/mol. The highest BCUT2D eigenvalue weighted by atomic mass is 32.2. The number of halogens is 4. The minimum absolute atomic E-state index is 0.0736. The normalized spacial score (nSPS) is 20.1. The first-order chi connectivity index (χ1) is 17.5. The standard InChI is InChI=1S/C25H32F4N4O3S/c26-21-8-6-19(7-9-21)16-22(31-37(35,36)25(27,28)29)23(34)33-13-10-24(11-14-33,17-32-15-12-30-18-32)20-4-2-1-3-5-20/h6-9,12,15,18,20,22,31H,1-5,10-11,13-14,16-17H2/t22-/m0/s1. The number of imidazole rings is 1. The summed E-state index contributed by atoms with van der Waals surface area (Å²) >= 11 is 0. The highest BCUT2D eigenvalue weighted by molar-refractivity contribution is 7.90. The molecule has 7 nitrogen and oxygen atoms in total. The summed E-state index contributed by atoms with van der Waals surface area (Å²) in [7, 11) is -5.77. The molecule has 204 valence electrons. The summed E-state index contributed by atoms with van der Waals surface area (Å²) in [4.78, 5) is 19.0. The molecule has 0 bridgehead atoms. The fourth-order valence-corrected chi connectivity index (χ4v) is 6.53. The number of amides is 1. The lowest BCUT2D eigenvalue weighted by Crippen LogP contribution is -2.55. The van der Waals surface area contributed by atoms with E-state index in [-0.39, 0.29) is 11.8 Å². The van der Waals surface area contributed by atoms with Crippen molar-refractivity contribution in [2.24, 2.45) is 11.3 Å². The summed E-state index contributed by atoms with van der Waals surface area (Å²) in [6.45, 7) is 1.38. The third-order valence-electron chi connectivity index (χ3n) is 7.85. The molecule has 2 aliphatic rings. The minimum atomic E-state index is -5.77. The van der Waals surface area contributed by atoms with Gasteiger partial charge in [-0.3, -0.25) is 4.79 Å². The van der Waals surface area contributed by atoms with Gasteiger partial charge in [-0.1, -0.05) is 31.4 Å². The number of piperidine rings is 1. The maximum Gasteiger partial charge on any atom is 0.511 e. The van der Waals surface area contributed by atoms with Crippen molar-refractivity contribution in [3.63, 3.8) is 0 Å². The first-order valence-corrected chi connectivity index (χ1v) is 14.0. The Bertz CT molecular complexity index is 1140. The van der Waals surface area contributed by atoms with E-state index in [4.69, 9.17) is 0 Å². The molecule has 0 radical (unpaired) electrons. The van der Waals surface area contributed by atoms with Gasteiger partial charge >= 0.3 is 15.5 Å². The number of likely N-dealkylation sites (tertiary alicyclic amines) is 1. The number of carbonyl (C=O) groups is 1. The number of alkyl halides is 3. The second-order valence-electron chi connectivity index (χ2n) is 10.2. The van der Waals surface area contributed by atoms with Gasteiger partial charge in [0.2, 0.25) is 5.91 Å². The van der Waals surface area contributed by atoms with Crippen LogP contribution in [0.25, 0.3) is 0 Å². The molecule has 1 saturated carbocycles. The number of benzene rings is 1. The number of hydrogen-bond acceptors (Lipinski definition) is 4. The molecule has 1 aliphatic carbocycles. The van der Waals surface area contributed by atoms with Crippen LogP contribution in [0.2, 0.25) is 0 Å². The molecule has 1 atom stereocenters. The molecular formula is C25H32F4N4O3S. The van der Waals surface area contributed by atoms with E-state index in [0.717, 1.165) is 44.4 Å². The molecule has 4 rings (SSSR count). The van der Waals surface area contributed by atoms with Crippen molar-refractivity contribution >= 4 is 15.9 Å². The summed E-state index contributed by atoms with van der Waals surface area (Å²) < 4.78 is 80.2. The largest absolute Gasteiger partial charge is 0.511 e. The Morgan fingerprint density at radius 1 is 1.11 bits per heavy atom. The van der Waals surface area contributed by atoms with Crippen molar-refractivity contribution in [3.05, 3.63) is 54.4 Å². The summed E-state index contributed by atoms with van der Waals surface area (Å²) in [6.07, 6.45) is 12.1. The van der Waals surface area contributed by atoms with E-state index in [2.05, 4.69) is 4.98 Å². The third-order valence-corrected chi connectivity index (χ3v) is 9.06. The average Bonchev–Trinajstić information content (AvgIpc) is 3.37. The lowest BCUT2D eigenvalue weighted by atomic mass is 9.63. The molecular weight excluding hydrogens is 512 g/mol. The Labute approximate surface area is 214 Å². The molecule has 1 amide bonds. The van der Waals surface area contributed by atoms with Crippen molar-refractivity contribution in [1.29, 1.82) is 0 Å². The number of nitrogens with zero attached hydrogens (tertiary/aromatic N) is 3. The number of carbonyl (C=O) groups excluding carboxylic acids is 1. The SMILES string of the molecule is O=C([C@H](Cc1ccc(F)cc1)NS(=O)(=O)C(F)(F)F)N1CCC(Cn2ccnc2)(C2CCCCC2)CC1. The van der Waals surface area contributed by atoms with Crippen LogP contribution < -0.4 is 4.72 Å². The van der Waals surface area contributed by atoms with Crippen LogP contribution in [0.15, 0.2) is 43.0 Å². The number of nitrogens with one attached hydrogen (secondary N) is 1.